The zero-order chi connectivity index (χ0) is 22.9. The van der Waals surface area contributed by atoms with Gasteiger partial charge in [-0.25, -0.2) is 4.79 Å². The third-order valence-electron chi connectivity index (χ3n) is 3.87. The molecule has 0 aliphatic heterocycles. The topological polar surface area (TPSA) is 228 Å². The fraction of sp³-hybridized carbons (Fsp3) is 0.688. The standard InChI is InChI=1S/C16H28N4O9/c1-6(18-14(26)9(17)4-5-10(23)24)13(25)19-11(7(2)21)15(27)20-12(8(3)22)16(28)29/h6-9,11-12,21-22H,4-5,17H2,1-3H3,(H,18,26)(H,19,25)(H,20,27)(H,23,24)(H,28,29). The maximum atomic E-state index is 12.2. The summed E-state index contributed by atoms with van der Waals surface area (Å²) in [5.41, 5.74) is 5.53. The molecule has 0 rings (SSSR count). The summed E-state index contributed by atoms with van der Waals surface area (Å²) in [7, 11) is 0. The number of aliphatic hydroxyl groups is 2. The molecular formula is C16H28N4O9. The number of hydrogen-bond acceptors (Lipinski definition) is 8. The summed E-state index contributed by atoms with van der Waals surface area (Å²) in [5, 5.41) is 43.1. The van der Waals surface area contributed by atoms with Crippen LogP contribution in [0.15, 0.2) is 0 Å². The smallest absolute Gasteiger partial charge is 0.328 e. The van der Waals surface area contributed by atoms with Gasteiger partial charge in [0, 0.05) is 6.42 Å². The van der Waals surface area contributed by atoms with Crippen LogP contribution < -0.4 is 21.7 Å². The summed E-state index contributed by atoms with van der Waals surface area (Å²) >= 11 is 0. The fourth-order valence-electron chi connectivity index (χ4n) is 2.11. The first-order valence-corrected chi connectivity index (χ1v) is 8.75. The van der Waals surface area contributed by atoms with Crippen LogP contribution in [-0.2, 0) is 24.0 Å². The number of amides is 3. The first kappa shape index (κ1) is 26.2. The van der Waals surface area contributed by atoms with E-state index in [4.69, 9.17) is 15.9 Å². The van der Waals surface area contributed by atoms with E-state index in [-0.39, 0.29) is 12.8 Å². The van der Waals surface area contributed by atoms with Crippen LogP contribution in [0.25, 0.3) is 0 Å². The Hall–Kier alpha value is -2.77. The molecule has 0 heterocycles. The molecule has 0 bridgehead atoms. The van der Waals surface area contributed by atoms with Crippen molar-refractivity contribution in [2.24, 2.45) is 5.73 Å². The van der Waals surface area contributed by atoms with Crippen LogP contribution in [0.3, 0.4) is 0 Å². The molecule has 13 nitrogen and oxygen atoms in total. The van der Waals surface area contributed by atoms with Gasteiger partial charge in [-0.05, 0) is 27.2 Å². The van der Waals surface area contributed by atoms with Gasteiger partial charge in [0.25, 0.3) is 0 Å². The van der Waals surface area contributed by atoms with Gasteiger partial charge in [0.1, 0.15) is 12.1 Å². The van der Waals surface area contributed by atoms with Gasteiger partial charge in [0.15, 0.2) is 6.04 Å². The third kappa shape index (κ3) is 9.32. The molecule has 0 saturated carbocycles. The molecule has 3 amide bonds. The number of nitrogens with two attached hydrogens (primary N) is 1. The minimum atomic E-state index is -1.66. The van der Waals surface area contributed by atoms with E-state index in [1.54, 1.807) is 0 Å². The molecule has 0 aliphatic rings. The van der Waals surface area contributed by atoms with E-state index in [9.17, 15) is 34.2 Å². The van der Waals surface area contributed by atoms with Gasteiger partial charge in [-0.15, -0.1) is 0 Å². The molecule has 0 fully saturated rings. The van der Waals surface area contributed by atoms with Crippen molar-refractivity contribution < 1.29 is 44.4 Å². The van der Waals surface area contributed by atoms with E-state index in [2.05, 4.69) is 10.6 Å². The molecule has 0 aliphatic carbocycles. The lowest BCUT2D eigenvalue weighted by molar-refractivity contribution is -0.146. The molecule has 9 N–H and O–H groups in total. The second-order valence-corrected chi connectivity index (χ2v) is 6.56. The molecule has 0 aromatic rings. The maximum Gasteiger partial charge on any atom is 0.328 e. The van der Waals surface area contributed by atoms with Gasteiger partial charge >= 0.3 is 11.9 Å². The van der Waals surface area contributed by atoms with Crippen molar-refractivity contribution in [3.05, 3.63) is 0 Å². The zero-order valence-electron chi connectivity index (χ0n) is 16.3. The number of hydrogen-bond donors (Lipinski definition) is 8. The second-order valence-electron chi connectivity index (χ2n) is 6.56. The molecule has 6 atom stereocenters. The third-order valence-corrected chi connectivity index (χ3v) is 3.87. The Morgan fingerprint density at radius 2 is 1.28 bits per heavy atom. The van der Waals surface area contributed by atoms with Gasteiger partial charge in [0.2, 0.25) is 17.7 Å². The van der Waals surface area contributed by atoms with E-state index in [0.29, 0.717) is 0 Å². The average Bonchev–Trinajstić information content (AvgIpc) is 2.60. The van der Waals surface area contributed by atoms with E-state index in [1.807, 2.05) is 5.32 Å². The normalized spacial score (nSPS) is 17.0. The van der Waals surface area contributed by atoms with Crippen molar-refractivity contribution in [1.29, 1.82) is 0 Å². The summed E-state index contributed by atoms with van der Waals surface area (Å²) in [6.45, 7) is 3.58. The van der Waals surface area contributed by atoms with E-state index in [1.165, 1.54) is 13.8 Å². The molecule has 13 heteroatoms. The van der Waals surface area contributed by atoms with E-state index >= 15 is 0 Å². The Labute approximate surface area is 166 Å². The van der Waals surface area contributed by atoms with Crippen LogP contribution in [0, 0.1) is 0 Å². The van der Waals surface area contributed by atoms with Crippen LogP contribution in [0.1, 0.15) is 33.6 Å². The predicted molar refractivity (Wildman–Crippen MR) is 97.3 cm³/mol. The van der Waals surface area contributed by atoms with Crippen molar-refractivity contribution in [2.45, 2.75) is 70.0 Å². The predicted octanol–water partition coefficient (Wildman–Crippen LogP) is -3.50. The number of carboxylic acids is 2. The SMILES string of the molecule is CC(NC(=O)C(N)CCC(=O)O)C(=O)NC(C(=O)NC(C(=O)O)C(C)O)C(C)O. The van der Waals surface area contributed by atoms with E-state index < -0.39 is 66.0 Å². The molecule has 0 saturated heterocycles. The van der Waals surface area contributed by atoms with Crippen LogP contribution in [-0.4, -0.2) is 86.5 Å². The number of rotatable bonds is 12. The van der Waals surface area contributed by atoms with Crippen LogP contribution in [0.5, 0.6) is 0 Å². The Kier molecular flexibility index (Phi) is 10.8. The molecule has 0 spiro atoms. The van der Waals surface area contributed by atoms with Gasteiger partial charge in [0.05, 0.1) is 18.2 Å². The summed E-state index contributed by atoms with van der Waals surface area (Å²) in [6.07, 6.45) is -3.35. The molecule has 0 radical (unpaired) electrons. The highest BCUT2D eigenvalue weighted by Crippen LogP contribution is 2.00. The van der Waals surface area contributed by atoms with Crippen LogP contribution in [0.4, 0.5) is 0 Å². The Morgan fingerprint density at radius 3 is 1.69 bits per heavy atom. The highest BCUT2D eigenvalue weighted by Gasteiger charge is 2.33. The summed E-state index contributed by atoms with van der Waals surface area (Å²) in [6, 6.07) is -5.59. The fourth-order valence-corrected chi connectivity index (χ4v) is 2.11. The van der Waals surface area contributed by atoms with Gasteiger partial charge < -0.3 is 42.1 Å². The minimum Gasteiger partial charge on any atom is -0.481 e. The number of aliphatic carboxylic acids is 2. The number of aliphatic hydroxyl groups excluding tert-OH is 2. The molecular weight excluding hydrogens is 392 g/mol. The van der Waals surface area contributed by atoms with Crippen molar-refractivity contribution >= 4 is 29.7 Å². The quantitative estimate of drug-likeness (QED) is 0.155. The number of carbonyl (C=O) groups is 5. The summed E-state index contributed by atoms with van der Waals surface area (Å²) in [4.78, 5) is 57.9. The Balaban J connectivity index is 4.96. The zero-order valence-corrected chi connectivity index (χ0v) is 16.3. The molecule has 0 aromatic heterocycles. The highest BCUT2D eigenvalue weighted by atomic mass is 16.4. The highest BCUT2D eigenvalue weighted by molar-refractivity contribution is 5.94. The van der Waals surface area contributed by atoms with Crippen molar-refractivity contribution in [3.8, 4) is 0 Å². The summed E-state index contributed by atoms with van der Waals surface area (Å²) in [5.74, 6) is -5.37. The monoisotopic (exact) mass is 420 g/mol. The van der Waals surface area contributed by atoms with Crippen LogP contribution >= 0.6 is 0 Å². The molecule has 166 valence electrons. The van der Waals surface area contributed by atoms with E-state index in [0.717, 1.165) is 6.92 Å². The lowest BCUT2D eigenvalue weighted by Gasteiger charge is -2.26. The van der Waals surface area contributed by atoms with Gasteiger partial charge in [-0.2, -0.15) is 0 Å². The molecule has 29 heavy (non-hydrogen) atoms. The number of nitrogens with one attached hydrogen (secondary N) is 3. The molecule has 6 unspecified atom stereocenters. The second kappa shape index (κ2) is 11.9. The van der Waals surface area contributed by atoms with Gasteiger partial charge in [-0.1, -0.05) is 0 Å². The average molecular weight is 420 g/mol. The first-order chi connectivity index (χ1) is 13.3. The first-order valence-electron chi connectivity index (χ1n) is 8.75. The van der Waals surface area contributed by atoms with Crippen molar-refractivity contribution in [3.63, 3.8) is 0 Å². The lowest BCUT2D eigenvalue weighted by Crippen LogP contribution is -2.60. The van der Waals surface area contributed by atoms with Crippen LogP contribution in [0.2, 0.25) is 0 Å². The summed E-state index contributed by atoms with van der Waals surface area (Å²) < 4.78 is 0. The molecule has 0 aromatic carbocycles. The number of carbonyl (C=O) groups excluding carboxylic acids is 3. The maximum absolute atomic E-state index is 12.2. The van der Waals surface area contributed by atoms with Crippen molar-refractivity contribution in [1.82, 2.24) is 16.0 Å². The van der Waals surface area contributed by atoms with Crippen molar-refractivity contribution in [2.75, 3.05) is 0 Å². The van der Waals surface area contributed by atoms with Gasteiger partial charge in [-0.3, -0.25) is 19.2 Å². The Morgan fingerprint density at radius 1 is 0.793 bits per heavy atom. The number of carboxylic acid groups (broad SMARTS) is 2. The lowest BCUT2D eigenvalue weighted by atomic mass is 10.1. The largest absolute Gasteiger partial charge is 0.481 e. The minimum absolute atomic E-state index is 0.149. The Bertz CT molecular complexity index is 624.